The van der Waals surface area contributed by atoms with Gasteiger partial charge < -0.3 is 9.15 Å². The first kappa shape index (κ1) is 14.5. The van der Waals surface area contributed by atoms with Crippen LogP contribution in [0.5, 0.6) is 0 Å². The SMILES string of the molecule is CCOC(=O)C[C@@H]1CCCCN1Cc1nnc(C2CC2)o1. The van der Waals surface area contributed by atoms with Crippen LogP contribution < -0.4 is 0 Å². The summed E-state index contributed by atoms with van der Waals surface area (Å²) in [5.41, 5.74) is 0. The first-order valence-corrected chi connectivity index (χ1v) is 7.98. The molecule has 6 heteroatoms. The van der Waals surface area contributed by atoms with Gasteiger partial charge in [-0.15, -0.1) is 10.2 Å². The van der Waals surface area contributed by atoms with Crippen LogP contribution >= 0.6 is 0 Å². The summed E-state index contributed by atoms with van der Waals surface area (Å²) in [7, 11) is 0. The van der Waals surface area contributed by atoms with Crippen molar-refractivity contribution in [2.45, 2.75) is 64.0 Å². The van der Waals surface area contributed by atoms with Gasteiger partial charge in [0, 0.05) is 12.0 Å². The molecule has 0 amide bonds. The molecule has 0 bridgehead atoms. The number of hydrogen-bond donors (Lipinski definition) is 0. The van der Waals surface area contributed by atoms with Gasteiger partial charge in [0.25, 0.3) is 0 Å². The number of aromatic nitrogens is 2. The molecule has 0 radical (unpaired) electrons. The average Bonchev–Trinajstić information content (AvgIpc) is 3.22. The standard InChI is InChI=1S/C15H23N3O3/c1-2-20-14(19)9-12-5-3-4-8-18(12)10-13-16-17-15(21-13)11-6-7-11/h11-12H,2-10H2,1H3/t12-/m0/s1. The quantitative estimate of drug-likeness (QED) is 0.749. The topological polar surface area (TPSA) is 68.5 Å². The number of likely N-dealkylation sites (tertiary alicyclic amines) is 1. The first-order valence-electron chi connectivity index (χ1n) is 7.98. The Kier molecular flexibility index (Phi) is 4.53. The second-order valence-electron chi connectivity index (χ2n) is 5.94. The van der Waals surface area contributed by atoms with E-state index in [4.69, 9.17) is 9.15 Å². The smallest absolute Gasteiger partial charge is 0.307 e. The molecule has 3 rings (SSSR count). The zero-order valence-corrected chi connectivity index (χ0v) is 12.6. The summed E-state index contributed by atoms with van der Waals surface area (Å²) < 4.78 is 10.8. The molecule has 0 spiro atoms. The minimum Gasteiger partial charge on any atom is -0.466 e. The number of ether oxygens (including phenoxy) is 1. The minimum absolute atomic E-state index is 0.112. The van der Waals surface area contributed by atoms with Gasteiger partial charge in [0.15, 0.2) is 0 Å². The molecule has 2 fully saturated rings. The van der Waals surface area contributed by atoms with Crippen LogP contribution in [0.25, 0.3) is 0 Å². The van der Waals surface area contributed by atoms with Crippen molar-refractivity contribution in [1.82, 2.24) is 15.1 Å². The van der Waals surface area contributed by atoms with Gasteiger partial charge in [0.05, 0.1) is 19.6 Å². The summed E-state index contributed by atoms with van der Waals surface area (Å²) in [6, 6.07) is 0.231. The summed E-state index contributed by atoms with van der Waals surface area (Å²) in [6.45, 7) is 3.91. The van der Waals surface area contributed by atoms with Crippen LogP contribution in [0.2, 0.25) is 0 Å². The molecule has 2 heterocycles. The second-order valence-corrected chi connectivity index (χ2v) is 5.94. The summed E-state index contributed by atoms with van der Waals surface area (Å²) in [4.78, 5) is 14.0. The zero-order valence-electron chi connectivity index (χ0n) is 12.6. The van der Waals surface area contributed by atoms with Crippen LogP contribution in [0.4, 0.5) is 0 Å². The van der Waals surface area contributed by atoms with Crippen LogP contribution in [0, 0.1) is 0 Å². The summed E-state index contributed by atoms with van der Waals surface area (Å²) in [5.74, 6) is 1.83. The van der Waals surface area contributed by atoms with Gasteiger partial charge in [-0.05, 0) is 39.2 Å². The molecule has 1 saturated carbocycles. The molecular weight excluding hydrogens is 270 g/mol. The van der Waals surface area contributed by atoms with Gasteiger partial charge in [-0.2, -0.15) is 0 Å². The molecule has 2 aliphatic rings. The molecule has 1 aromatic rings. The number of piperidine rings is 1. The van der Waals surface area contributed by atoms with Crippen LogP contribution in [0.3, 0.4) is 0 Å². The Bertz CT molecular complexity index is 484. The van der Waals surface area contributed by atoms with Gasteiger partial charge in [0.1, 0.15) is 0 Å². The maximum atomic E-state index is 11.7. The van der Waals surface area contributed by atoms with Gasteiger partial charge in [-0.3, -0.25) is 9.69 Å². The van der Waals surface area contributed by atoms with Crippen molar-refractivity contribution in [3.63, 3.8) is 0 Å². The van der Waals surface area contributed by atoms with E-state index in [2.05, 4.69) is 15.1 Å². The Balaban J connectivity index is 1.58. The summed E-state index contributed by atoms with van der Waals surface area (Å²) >= 11 is 0. The highest BCUT2D eigenvalue weighted by Crippen LogP contribution is 2.39. The monoisotopic (exact) mass is 293 g/mol. The first-order chi connectivity index (χ1) is 10.3. The lowest BCUT2D eigenvalue weighted by molar-refractivity contribution is -0.145. The fourth-order valence-corrected chi connectivity index (χ4v) is 2.91. The molecule has 1 aromatic heterocycles. The third-order valence-corrected chi connectivity index (χ3v) is 4.20. The van der Waals surface area contributed by atoms with E-state index in [-0.39, 0.29) is 12.0 Å². The number of nitrogens with zero attached hydrogens (tertiary/aromatic N) is 3. The highest BCUT2D eigenvalue weighted by Gasteiger charge is 2.31. The minimum atomic E-state index is -0.112. The number of carbonyl (C=O) groups is 1. The van der Waals surface area contributed by atoms with E-state index in [1.807, 2.05) is 6.92 Å². The normalized spacial score (nSPS) is 23.2. The van der Waals surface area contributed by atoms with Crippen LogP contribution in [-0.4, -0.2) is 40.3 Å². The predicted octanol–water partition coefficient (Wildman–Crippen LogP) is 2.25. The lowest BCUT2D eigenvalue weighted by Crippen LogP contribution is -2.40. The highest BCUT2D eigenvalue weighted by atomic mass is 16.5. The summed E-state index contributed by atoms with van der Waals surface area (Å²) in [6.07, 6.45) is 6.13. The van der Waals surface area contributed by atoms with Gasteiger partial charge in [0.2, 0.25) is 11.8 Å². The fraction of sp³-hybridized carbons (Fsp3) is 0.800. The molecular formula is C15H23N3O3. The molecule has 116 valence electrons. The Hall–Kier alpha value is -1.43. The molecule has 1 aliphatic heterocycles. The van der Waals surface area contributed by atoms with E-state index in [0.717, 1.165) is 44.5 Å². The van der Waals surface area contributed by atoms with Crippen molar-refractivity contribution < 1.29 is 13.9 Å². The van der Waals surface area contributed by atoms with Gasteiger partial charge in [-0.1, -0.05) is 6.42 Å². The van der Waals surface area contributed by atoms with E-state index in [9.17, 15) is 4.79 Å². The van der Waals surface area contributed by atoms with Crippen molar-refractivity contribution in [3.8, 4) is 0 Å². The molecule has 1 saturated heterocycles. The third-order valence-electron chi connectivity index (χ3n) is 4.20. The Labute approximate surface area is 124 Å². The third kappa shape index (κ3) is 3.81. The number of carbonyl (C=O) groups excluding carboxylic acids is 1. The van der Waals surface area contributed by atoms with E-state index < -0.39 is 0 Å². The average molecular weight is 293 g/mol. The molecule has 0 N–H and O–H groups in total. The lowest BCUT2D eigenvalue weighted by Gasteiger charge is -2.34. The number of esters is 1. The predicted molar refractivity (Wildman–Crippen MR) is 75.6 cm³/mol. The number of hydrogen-bond acceptors (Lipinski definition) is 6. The fourth-order valence-electron chi connectivity index (χ4n) is 2.91. The van der Waals surface area contributed by atoms with Crippen LogP contribution in [0.1, 0.15) is 63.1 Å². The van der Waals surface area contributed by atoms with E-state index in [1.165, 1.54) is 0 Å². The van der Waals surface area contributed by atoms with E-state index >= 15 is 0 Å². The van der Waals surface area contributed by atoms with E-state index in [1.54, 1.807) is 0 Å². The Morgan fingerprint density at radius 1 is 1.33 bits per heavy atom. The highest BCUT2D eigenvalue weighted by molar-refractivity contribution is 5.70. The van der Waals surface area contributed by atoms with Gasteiger partial charge >= 0.3 is 5.97 Å². The van der Waals surface area contributed by atoms with Crippen molar-refractivity contribution in [2.75, 3.05) is 13.2 Å². The second kappa shape index (κ2) is 6.56. The summed E-state index contributed by atoms with van der Waals surface area (Å²) in [5, 5.41) is 8.27. The maximum absolute atomic E-state index is 11.7. The molecule has 1 atom stereocenters. The van der Waals surface area contributed by atoms with Gasteiger partial charge in [-0.25, -0.2) is 0 Å². The van der Waals surface area contributed by atoms with Crippen molar-refractivity contribution in [2.24, 2.45) is 0 Å². The molecule has 0 aromatic carbocycles. The Morgan fingerprint density at radius 2 is 2.19 bits per heavy atom. The molecule has 21 heavy (non-hydrogen) atoms. The molecule has 6 nitrogen and oxygen atoms in total. The largest absolute Gasteiger partial charge is 0.466 e. The number of rotatable bonds is 6. The maximum Gasteiger partial charge on any atom is 0.307 e. The van der Waals surface area contributed by atoms with Crippen molar-refractivity contribution >= 4 is 5.97 Å². The van der Waals surface area contributed by atoms with Crippen LogP contribution in [-0.2, 0) is 16.1 Å². The molecule has 0 unspecified atom stereocenters. The Morgan fingerprint density at radius 3 is 2.95 bits per heavy atom. The van der Waals surface area contributed by atoms with Crippen LogP contribution in [0.15, 0.2) is 4.42 Å². The van der Waals surface area contributed by atoms with Crippen molar-refractivity contribution in [1.29, 1.82) is 0 Å². The lowest BCUT2D eigenvalue weighted by atomic mass is 9.99. The molecule has 1 aliphatic carbocycles. The van der Waals surface area contributed by atoms with Crippen molar-refractivity contribution in [3.05, 3.63) is 11.8 Å². The zero-order chi connectivity index (χ0) is 14.7. The van der Waals surface area contributed by atoms with E-state index in [0.29, 0.717) is 31.4 Å².